The van der Waals surface area contributed by atoms with E-state index in [1.165, 1.54) is 30.3 Å². The highest BCUT2D eigenvalue weighted by atomic mass is 32.1. The number of anilines is 1. The van der Waals surface area contributed by atoms with Crippen LogP contribution in [0.4, 0.5) is 14.5 Å². The Morgan fingerprint density at radius 1 is 0.923 bits per heavy atom. The molecule has 0 atom stereocenters. The van der Waals surface area contributed by atoms with Gasteiger partial charge in [-0.2, -0.15) is 0 Å². The average Bonchev–Trinajstić information content (AvgIpc) is 3.12. The highest BCUT2D eigenvalue weighted by Crippen LogP contribution is 2.22. The van der Waals surface area contributed by atoms with E-state index in [9.17, 15) is 13.6 Å². The Bertz CT molecular complexity index is 942. The van der Waals surface area contributed by atoms with Crippen LogP contribution in [0.25, 0.3) is 11.3 Å². The van der Waals surface area contributed by atoms with Crippen LogP contribution in [0.1, 0.15) is 10.6 Å². The van der Waals surface area contributed by atoms with E-state index >= 15 is 0 Å². The van der Waals surface area contributed by atoms with Crippen molar-refractivity contribution >= 4 is 28.9 Å². The zero-order valence-electron chi connectivity index (χ0n) is 13.3. The van der Waals surface area contributed by atoms with Gasteiger partial charge in [0.05, 0.1) is 5.69 Å². The molecule has 8 heteroatoms. The lowest BCUT2D eigenvalue weighted by Crippen LogP contribution is -2.43. The highest BCUT2D eigenvalue weighted by molar-refractivity contribution is 7.80. The minimum Gasteiger partial charge on any atom is -0.451 e. The summed E-state index contributed by atoms with van der Waals surface area (Å²) >= 11 is 4.99. The summed E-state index contributed by atoms with van der Waals surface area (Å²) in [7, 11) is 0. The third-order valence-electron chi connectivity index (χ3n) is 3.37. The Kier molecular flexibility index (Phi) is 5.23. The third-order valence-corrected chi connectivity index (χ3v) is 3.57. The lowest BCUT2D eigenvalue weighted by molar-refractivity contribution is 0.0917. The second kappa shape index (κ2) is 7.75. The van der Waals surface area contributed by atoms with Gasteiger partial charge in [0.2, 0.25) is 0 Å². The van der Waals surface area contributed by atoms with Crippen molar-refractivity contribution in [3.05, 3.63) is 78.1 Å². The molecule has 0 bridgehead atoms. The molecule has 0 fully saturated rings. The van der Waals surface area contributed by atoms with Crippen LogP contribution < -0.4 is 16.2 Å². The molecule has 3 rings (SSSR count). The first-order valence-electron chi connectivity index (χ1n) is 7.50. The fraction of sp³-hybridized carbons (Fsp3) is 0. The summed E-state index contributed by atoms with van der Waals surface area (Å²) in [5.41, 5.74) is 5.61. The summed E-state index contributed by atoms with van der Waals surface area (Å²) in [5, 5.41) is 2.63. The molecule has 1 aromatic heterocycles. The molecule has 5 nitrogen and oxygen atoms in total. The van der Waals surface area contributed by atoms with Crippen LogP contribution in [0.2, 0.25) is 0 Å². The number of thiocarbonyl (C=S) groups is 1. The van der Waals surface area contributed by atoms with E-state index in [4.69, 9.17) is 16.6 Å². The summed E-state index contributed by atoms with van der Waals surface area (Å²) < 4.78 is 31.9. The van der Waals surface area contributed by atoms with E-state index in [0.29, 0.717) is 11.3 Å². The first kappa shape index (κ1) is 17.6. The maximum Gasteiger partial charge on any atom is 0.305 e. The number of hydrazine groups is 1. The Morgan fingerprint density at radius 3 is 2.38 bits per heavy atom. The third kappa shape index (κ3) is 4.22. The number of rotatable bonds is 3. The SMILES string of the molecule is O=C(NNC(=S)Nc1ccccc1F)c1ccc(-c2ccc(F)cc2)o1. The summed E-state index contributed by atoms with van der Waals surface area (Å²) in [5.74, 6) is -0.958. The van der Waals surface area contributed by atoms with Gasteiger partial charge in [0.15, 0.2) is 10.9 Å². The van der Waals surface area contributed by atoms with Crippen LogP contribution >= 0.6 is 12.2 Å². The standard InChI is InChI=1S/C18H13F2N3O2S/c19-12-7-5-11(6-8-12)15-9-10-16(25-15)17(24)22-23-18(26)21-14-4-2-1-3-13(14)20/h1-10H,(H,22,24)(H2,21,23,26). The molecule has 0 aliphatic rings. The van der Waals surface area contributed by atoms with E-state index in [1.54, 1.807) is 30.3 Å². The number of benzene rings is 2. The predicted octanol–water partition coefficient (Wildman–Crippen LogP) is 3.86. The number of halogens is 2. The van der Waals surface area contributed by atoms with Crippen LogP contribution in [0.15, 0.2) is 65.1 Å². The van der Waals surface area contributed by atoms with Crippen LogP contribution in [-0.4, -0.2) is 11.0 Å². The summed E-state index contributed by atoms with van der Waals surface area (Å²) in [6, 6.07) is 14.7. The number of furan rings is 1. The van der Waals surface area contributed by atoms with Crippen molar-refractivity contribution in [3.63, 3.8) is 0 Å². The lowest BCUT2D eigenvalue weighted by Gasteiger charge is -2.11. The van der Waals surface area contributed by atoms with Gasteiger partial charge >= 0.3 is 5.91 Å². The van der Waals surface area contributed by atoms with Gasteiger partial charge in [0.1, 0.15) is 17.4 Å². The second-order valence-electron chi connectivity index (χ2n) is 5.18. The monoisotopic (exact) mass is 373 g/mol. The van der Waals surface area contributed by atoms with Gasteiger partial charge in [-0.25, -0.2) is 8.78 Å². The van der Waals surface area contributed by atoms with Crippen LogP contribution in [-0.2, 0) is 0 Å². The quantitative estimate of drug-likeness (QED) is 0.481. The van der Waals surface area contributed by atoms with Gasteiger partial charge in [-0.3, -0.25) is 15.6 Å². The van der Waals surface area contributed by atoms with E-state index < -0.39 is 11.7 Å². The van der Waals surface area contributed by atoms with Crippen LogP contribution in [0.5, 0.6) is 0 Å². The van der Waals surface area contributed by atoms with Gasteiger partial charge in [-0.05, 0) is 60.7 Å². The van der Waals surface area contributed by atoms with Crippen molar-refractivity contribution in [1.29, 1.82) is 0 Å². The van der Waals surface area contributed by atoms with E-state index in [1.807, 2.05) is 0 Å². The van der Waals surface area contributed by atoms with Crippen molar-refractivity contribution < 1.29 is 18.0 Å². The zero-order valence-corrected chi connectivity index (χ0v) is 14.1. The van der Waals surface area contributed by atoms with Crippen LogP contribution in [0.3, 0.4) is 0 Å². The predicted molar refractivity (Wildman–Crippen MR) is 97.3 cm³/mol. The minimum atomic E-state index is -0.573. The molecule has 0 aliphatic carbocycles. The molecular formula is C18H13F2N3O2S. The molecule has 0 saturated carbocycles. The second-order valence-corrected chi connectivity index (χ2v) is 5.59. The molecule has 0 aliphatic heterocycles. The van der Waals surface area contributed by atoms with Gasteiger partial charge in [0.25, 0.3) is 0 Å². The molecule has 132 valence electrons. The molecule has 0 radical (unpaired) electrons. The molecule has 2 aromatic carbocycles. The Labute approximate surface area is 153 Å². The molecule has 0 spiro atoms. The summed E-state index contributed by atoms with van der Waals surface area (Å²) in [6.07, 6.45) is 0. The molecule has 3 N–H and O–H groups in total. The zero-order chi connectivity index (χ0) is 18.5. The van der Waals surface area contributed by atoms with E-state index in [0.717, 1.165) is 0 Å². The number of hydrogen-bond acceptors (Lipinski definition) is 3. The van der Waals surface area contributed by atoms with Gasteiger partial charge in [-0.1, -0.05) is 12.1 Å². The molecule has 1 heterocycles. The van der Waals surface area contributed by atoms with Gasteiger partial charge in [-0.15, -0.1) is 0 Å². The first-order chi connectivity index (χ1) is 12.5. The fourth-order valence-electron chi connectivity index (χ4n) is 2.12. The fourth-order valence-corrected chi connectivity index (χ4v) is 2.28. The van der Waals surface area contributed by atoms with Gasteiger partial charge < -0.3 is 9.73 Å². The van der Waals surface area contributed by atoms with Crippen molar-refractivity contribution in [2.24, 2.45) is 0 Å². The van der Waals surface area contributed by atoms with Crippen molar-refractivity contribution in [1.82, 2.24) is 10.9 Å². The normalized spacial score (nSPS) is 10.2. The topological polar surface area (TPSA) is 66.3 Å². The molecule has 26 heavy (non-hydrogen) atoms. The Hall–Kier alpha value is -3.26. The van der Waals surface area contributed by atoms with E-state index in [2.05, 4.69) is 16.2 Å². The van der Waals surface area contributed by atoms with Crippen LogP contribution in [0, 0.1) is 11.6 Å². The molecule has 1 amide bonds. The van der Waals surface area contributed by atoms with Crippen molar-refractivity contribution in [2.75, 3.05) is 5.32 Å². The van der Waals surface area contributed by atoms with Crippen molar-refractivity contribution in [2.45, 2.75) is 0 Å². The number of amides is 1. The number of nitrogens with one attached hydrogen (secondary N) is 3. The number of para-hydroxylation sites is 1. The summed E-state index contributed by atoms with van der Waals surface area (Å²) in [6.45, 7) is 0. The number of hydrogen-bond donors (Lipinski definition) is 3. The van der Waals surface area contributed by atoms with E-state index in [-0.39, 0.29) is 22.4 Å². The average molecular weight is 373 g/mol. The molecule has 3 aromatic rings. The largest absolute Gasteiger partial charge is 0.451 e. The maximum atomic E-state index is 13.5. The Balaban J connectivity index is 1.58. The lowest BCUT2D eigenvalue weighted by atomic mass is 10.2. The minimum absolute atomic E-state index is 0.00811. The van der Waals surface area contributed by atoms with Crippen molar-refractivity contribution in [3.8, 4) is 11.3 Å². The van der Waals surface area contributed by atoms with Gasteiger partial charge in [0, 0.05) is 5.56 Å². The molecule has 0 unspecified atom stereocenters. The number of carbonyl (C=O) groups excluding carboxylic acids is 1. The smallest absolute Gasteiger partial charge is 0.305 e. The summed E-state index contributed by atoms with van der Waals surface area (Å²) in [4.78, 5) is 12.1. The maximum absolute atomic E-state index is 13.5. The first-order valence-corrected chi connectivity index (χ1v) is 7.91. The molecular weight excluding hydrogens is 360 g/mol. The number of carbonyl (C=O) groups is 1. The molecule has 0 saturated heterocycles. The highest BCUT2D eigenvalue weighted by Gasteiger charge is 2.13. The Morgan fingerprint density at radius 2 is 1.65 bits per heavy atom.